The standard InChI is InChI=1S/C15H13NO4S2/c17-8-7-16-13(10-11-4-3-9-21-11)15(18)12-5-1-2-6-14(12)22(16,19)20/h1-6,9-10,17H,7-8H2/b13-10+. The third-order valence-electron chi connectivity index (χ3n) is 3.33. The molecule has 0 bridgehead atoms. The number of carbonyl (C=O) groups excluding carboxylic acids is 1. The molecule has 5 nitrogen and oxygen atoms in total. The van der Waals surface area contributed by atoms with Crippen LogP contribution in [-0.2, 0) is 10.0 Å². The number of fused-ring (bicyclic) bond motifs is 1. The van der Waals surface area contributed by atoms with Crippen LogP contribution in [0.25, 0.3) is 6.08 Å². The lowest BCUT2D eigenvalue weighted by Gasteiger charge is -2.30. The number of Topliss-reactive ketones (excluding diaryl/α,β-unsaturated/α-hetero) is 1. The largest absolute Gasteiger partial charge is 0.394 e. The van der Waals surface area contributed by atoms with Gasteiger partial charge in [0.25, 0.3) is 10.0 Å². The number of carbonyl (C=O) groups is 1. The van der Waals surface area contributed by atoms with Crippen molar-refractivity contribution in [2.24, 2.45) is 0 Å². The van der Waals surface area contributed by atoms with E-state index in [1.807, 2.05) is 11.4 Å². The molecule has 0 radical (unpaired) electrons. The molecule has 114 valence electrons. The number of hydrogen-bond acceptors (Lipinski definition) is 5. The Morgan fingerprint density at radius 1 is 1.18 bits per heavy atom. The zero-order valence-corrected chi connectivity index (χ0v) is 13.1. The number of nitrogens with zero attached hydrogens (tertiary/aromatic N) is 1. The molecule has 22 heavy (non-hydrogen) atoms. The van der Waals surface area contributed by atoms with Crippen molar-refractivity contribution in [3.63, 3.8) is 0 Å². The highest BCUT2D eigenvalue weighted by Gasteiger charge is 2.38. The van der Waals surface area contributed by atoms with Crippen LogP contribution in [0.2, 0.25) is 0 Å². The topological polar surface area (TPSA) is 74.7 Å². The van der Waals surface area contributed by atoms with E-state index in [1.165, 1.54) is 23.5 Å². The number of thiophene rings is 1. The maximum absolute atomic E-state index is 12.7. The van der Waals surface area contributed by atoms with E-state index in [1.54, 1.807) is 24.3 Å². The summed E-state index contributed by atoms with van der Waals surface area (Å²) in [5.41, 5.74) is 0.231. The van der Waals surface area contributed by atoms with E-state index in [0.717, 1.165) is 9.18 Å². The summed E-state index contributed by atoms with van der Waals surface area (Å²) < 4.78 is 26.4. The van der Waals surface area contributed by atoms with Gasteiger partial charge in [0.2, 0.25) is 5.78 Å². The van der Waals surface area contributed by atoms with Crippen LogP contribution >= 0.6 is 11.3 Å². The second-order valence-corrected chi connectivity index (χ2v) is 7.48. The number of rotatable bonds is 3. The summed E-state index contributed by atoms with van der Waals surface area (Å²) >= 11 is 1.41. The van der Waals surface area contributed by atoms with Crippen LogP contribution in [-0.4, -0.2) is 36.8 Å². The Bertz CT molecular complexity index is 838. The minimum atomic E-state index is -3.84. The van der Waals surface area contributed by atoms with Crippen LogP contribution in [0.15, 0.2) is 52.4 Å². The summed E-state index contributed by atoms with van der Waals surface area (Å²) in [6.07, 6.45) is 1.55. The summed E-state index contributed by atoms with van der Waals surface area (Å²) in [4.78, 5) is 13.4. The van der Waals surface area contributed by atoms with Crippen molar-refractivity contribution in [1.29, 1.82) is 0 Å². The predicted octanol–water partition coefficient (Wildman–Crippen LogP) is 1.97. The van der Waals surface area contributed by atoms with Crippen molar-refractivity contribution in [3.8, 4) is 0 Å². The molecule has 0 aliphatic carbocycles. The van der Waals surface area contributed by atoms with Crippen LogP contribution in [0, 0.1) is 0 Å². The minimum Gasteiger partial charge on any atom is -0.394 e. The van der Waals surface area contributed by atoms with Gasteiger partial charge in [-0.2, -0.15) is 0 Å². The lowest BCUT2D eigenvalue weighted by molar-refractivity contribution is 0.0998. The van der Waals surface area contributed by atoms with Crippen LogP contribution in [0.1, 0.15) is 15.2 Å². The minimum absolute atomic E-state index is 0.0169. The fourth-order valence-corrected chi connectivity index (χ4v) is 4.65. The Balaban J connectivity index is 2.23. The van der Waals surface area contributed by atoms with Crippen molar-refractivity contribution in [3.05, 3.63) is 57.9 Å². The quantitative estimate of drug-likeness (QED) is 0.870. The van der Waals surface area contributed by atoms with Crippen LogP contribution in [0.5, 0.6) is 0 Å². The first-order chi connectivity index (χ1) is 10.6. The first-order valence-electron chi connectivity index (χ1n) is 6.58. The van der Waals surface area contributed by atoms with E-state index in [2.05, 4.69) is 0 Å². The SMILES string of the molecule is O=C1/C(=C\c2cccs2)N(CCO)S(=O)(=O)c2ccccc21. The molecule has 1 aromatic heterocycles. The molecule has 2 aromatic rings. The third-order valence-corrected chi connectivity index (χ3v) is 6.02. The van der Waals surface area contributed by atoms with E-state index in [0.29, 0.717) is 0 Å². The Labute approximate surface area is 132 Å². The van der Waals surface area contributed by atoms with Gasteiger partial charge < -0.3 is 5.11 Å². The molecule has 3 rings (SSSR count). The zero-order chi connectivity index (χ0) is 15.7. The fourth-order valence-electron chi connectivity index (χ4n) is 2.36. The Hall–Kier alpha value is -1.96. The maximum atomic E-state index is 12.7. The molecule has 0 saturated heterocycles. The van der Waals surface area contributed by atoms with Crippen LogP contribution in [0.4, 0.5) is 0 Å². The third kappa shape index (κ3) is 2.37. The average molecular weight is 335 g/mol. The molecule has 0 atom stereocenters. The second-order valence-electron chi connectivity index (χ2n) is 4.67. The molecular weight excluding hydrogens is 322 g/mol. The lowest BCUT2D eigenvalue weighted by Crippen LogP contribution is -2.40. The van der Waals surface area contributed by atoms with Gasteiger partial charge in [0.05, 0.1) is 18.0 Å². The molecule has 7 heteroatoms. The van der Waals surface area contributed by atoms with E-state index >= 15 is 0 Å². The van der Waals surface area contributed by atoms with Crippen molar-refractivity contribution < 1.29 is 18.3 Å². The second kappa shape index (κ2) is 5.68. The summed E-state index contributed by atoms with van der Waals surface area (Å²) in [6.45, 7) is -0.518. The van der Waals surface area contributed by atoms with Crippen LogP contribution in [0.3, 0.4) is 0 Å². The van der Waals surface area contributed by atoms with Gasteiger partial charge >= 0.3 is 0 Å². The number of β-amino-alcohol motifs (C(OH)–C–C–N with tert-alkyl or cyclic N) is 1. The molecule has 0 amide bonds. The van der Waals surface area contributed by atoms with Crippen molar-refractivity contribution in [2.75, 3.05) is 13.2 Å². The monoisotopic (exact) mass is 335 g/mol. The number of sulfonamides is 1. The Kier molecular flexibility index (Phi) is 3.86. The highest BCUT2D eigenvalue weighted by Crippen LogP contribution is 2.33. The average Bonchev–Trinajstić information content (AvgIpc) is 3.02. The van der Waals surface area contributed by atoms with Crippen molar-refractivity contribution in [2.45, 2.75) is 4.90 Å². The van der Waals surface area contributed by atoms with Gasteiger partial charge in [-0.05, 0) is 29.7 Å². The number of aliphatic hydroxyl groups excluding tert-OH is 1. The zero-order valence-electron chi connectivity index (χ0n) is 11.5. The normalized spacial score (nSPS) is 18.5. The number of hydrogen-bond donors (Lipinski definition) is 1. The van der Waals surface area contributed by atoms with Gasteiger partial charge in [-0.3, -0.25) is 9.10 Å². The molecular formula is C15H13NO4S2. The van der Waals surface area contributed by atoms with Crippen molar-refractivity contribution >= 4 is 33.2 Å². The summed E-state index contributed by atoms with van der Waals surface area (Å²) in [7, 11) is -3.84. The van der Waals surface area contributed by atoms with Gasteiger partial charge in [0, 0.05) is 10.4 Å². The first kappa shape index (κ1) is 15.0. The van der Waals surface area contributed by atoms with E-state index in [9.17, 15) is 18.3 Å². The van der Waals surface area contributed by atoms with E-state index < -0.39 is 10.0 Å². The van der Waals surface area contributed by atoms with E-state index in [-0.39, 0.29) is 35.1 Å². The molecule has 2 heterocycles. The molecule has 1 N–H and O–H groups in total. The maximum Gasteiger partial charge on any atom is 0.265 e. The van der Waals surface area contributed by atoms with Gasteiger partial charge in [0.15, 0.2) is 0 Å². The molecule has 0 fully saturated rings. The predicted molar refractivity (Wildman–Crippen MR) is 84.0 cm³/mol. The van der Waals surface area contributed by atoms with E-state index in [4.69, 9.17) is 0 Å². The highest BCUT2D eigenvalue weighted by atomic mass is 32.2. The molecule has 1 aliphatic rings. The molecule has 0 saturated carbocycles. The lowest BCUT2D eigenvalue weighted by atomic mass is 10.1. The highest BCUT2D eigenvalue weighted by molar-refractivity contribution is 7.89. The number of allylic oxidation sites excluding steroid dienone is 1. The van der Waals surface area contributed by atoms with Gasteiger partial charge in [-0.15, -0.1) is 11.3 Å². The molecule has 0 unspecified atom stereocenters. The Morgan fingerprint density at radius 2 is 1.95 bits per heavy atom. The number of ketones is 1. The number of aliphatic hydroxyl groups is 1. The van der Waals surface area contributed by atoms with Gasteiger partial charge in [-0.1, -0.05) is 18.2 Å². The number of benzene rings is 1. The molecule has 0 spiro atoms. The summed E-state index contributed by atoms with van der Waals surface area (Å²) in [6, 6.07) is 9.76. The van der Waals surface area contributed by atoms with Crippen molar-refractivity contribution in [1.82, 2.24) is 4.31 Å². The Morgan fingerprint density at radius 3 is 2.64 bits per heavy atom. The smallest absolute Gasteiger partial charge is 0.265 e. The van der Waals surface area contributed by atoms with Gasteiger partial charge in [0.1, 0.15) is 5.70 Å². The summed E-state index contributed by atoms with van der Waals surface area (Å²) in [5, 5.41) is 11.0. The molecule has 1 aromatic carbocycles. The van der Waals surface area contributed by atoms with Crippen LogP contribution < -0.4 is 0 Å². The fraction of sp³-hybridized carbons (Fsp3) is 0.133. The van der Waals surface area contributed by atoms with Gasteiger partial charge in [-0.25, -0.2) is 8.42 Å². The summed E-state index contributed by atoms with van der Waals surface area (Å²) in [5.74, 6) is -0.354. The first-order valence-corrected chi connectivity index (χ1v) is 8.90. The molecule has 1 aliphatic heterocycles.